The van der Waals surface area contributed by atoms with Crippen molar-refractivity contribution in [3.8, 4) is 0 Å². The van der Waals surface area contributed by atoms with Gasteiger partial charge in [-0.25, -0.2) is 9.97 Å². The lowest BCUT2D eigenvalue weighted by Gasteiger charge is -2.22. The van der Waals surface area contributed by atoms with Crippen molar-refractivity contribution < 1.29 is 0 Å². The fourth-order valence-electron chi connectivity index (χ4n) is 1.47. The van der Waals surface area contributed by atoms with Crippen molar-refractivity contribution in [1.82, 2.24) is 15.0 Å². The maximum Gasteiger partial charge on any atom is 0.136 e. The zero-order valence-corrected chi connectivity index (χ0v) is 11.3. The van der Waals surface area contributed by atoms with Gasteiger partial charge in [-0.2, -0.15) is 0 Å². The second-order valence-electron chi connectivity index (χ2n) is 5.22. The predicted molar refractivity (Wildman–Crippen MR) is 77.4 cm³/mol. The molecule has 0 fully saturated rings. The lowest BCUT2D eigenvalue weighted by molar-refractivity contribution is 0.405. The fraction of sp³-hybridized carbons (Fsp3) is 0.385. The van der Waals surface area contributed by atoms with Crippen LogP contribution in [0.15, 0.2) is 30.7 Å². The van der Waals surface area contributed by atoms with E-state index in [1.165, 1.54) is 6.33 Å². The lowest BCUT2D eigenvalue weighted by Crippen LogP contribution is -2.31. The number of nitrogens with one attached hydrogen (secondary N) is 3. The van der Waals surface area contributed by atoms with Crippen LogP contribution in [-0.2, 0) is 0 Å². The Morgan fingerprint density at radius 2 is 2.11 bits per heavy atom. The molecule has 102 valence electrons. The minimum absolute atomic E-state index is 0.0397. The molecule has 0 radical (unpaired) electrons. The number of rotatable bonds is 6. The molecule has 19 heavy (non-hydrogen) atoms. The first-order chi connectivity index (χ1) is 9.09. The van der Waals surface area contributed by atoms with Crippen molar-refractivity contribution in [1.29, 1.82) is 0 Å². The summed E-state index contributed by atoms with van der Waals surface area (Å²) in [4.78, 5) is 11.4. The molecule has 2 rings (SSSR count). The van der Waals surface area contributed by atoms with E-state index >= 15 is 0 Å². The number of hydrogen-bond donors (Lipinski definition) is 4. The Bertz CT molecular complexity index is 506. The van der Waals surface area contributed by atoms with Crippen molar-refractivity contribution in [3.63, 3.8) is 0 Å². The summed E-state index contributed by atoms with van der Waals surface area (Å²) in [6, 6.07) is 5.73. The van der Waals surface area contributed by atoms with Gasteiger partial charge in [0, 0.05) is 18.8 Å². The normalized spacial score (nSPS) is 11.3. The van der Waals surface area contributed by atoms with Gasteiger partial charge >= 0.3 is 0 Å². The average molecular weight is 260 g/mol. The molecular weight excluding hydrogens is 240 g/mol. The van der Waals surface area contributed by atoms with E-state index < -0.39 is 0 Å². The smallest absolute Gasteiger partial charge is 0.136 e. The first-order valence-corrected chi connectivity index (χ1v) is 6.25. The van der Waals surface area contributed by atoms with Gasteiger partial charge in [0.15, 0.2) is 0 Å². The largest absolute Gasteiger partial charge is 0.369 e. The molecule has 0 unspecified atom stereocenters. The summed E-state index contributed by atoms with van der Waals surface area (Å²) in [5, 5.41) is 6.44. The Kier molecular flexibility index (Phi) is 4.01. The molecule has 2 aromatic rings. The van der Waals surface area contributed by atoms with Gasteiger partial charge in [-0.05, 0) is 24.1 Å². The lowest BCUT2D eigenvalue weighted by atomic mass is 9.94. The second kappa shape index (κ2) is 5.71. The summed E-state index contributed by atoms with van der Waals surface area (Å²) in [6.45, 7) is 5.61. The van der Waals surface area contributed by atoms with E-state index in [1.807, 2.05) is 24.4 Å². The Morgan fingerprint density at radius 1 is 1.32 bits per heavy atom. The van der Waals surface area contributed by atoms with E-state index in [9.17, 15) is 0 Å². The van der Waals surface area contributed by atoms with Crippen LogP contribution in [0.4, 0.5) is 17.5 Å². The number of hydrogen-bond acceptors (Lipinski definition) is 5. The molecular formula is C13H20N6. The summed E-state index contributed by atoms with van der Waals surface area (Å²) in [7, 11) is 0. The SMILES string of the molecule is CC(C)(CN)CNc1cc(Nc2ccc[nH]2)ncn1. The number of aromatic amines is 1. The predicted octanol–water partition coefficient (Wildman–Crippen LogP) is 1.95. The number of nitrogens with two attached hydrogens (primary N) is 1. The van der Waals surface area contributed by atoms with Gasteiger partial charge in [-0.15, -0.1) is 0 Å². The van der Waals surface area contributed by atoms with Gasteiger partial charge in [-0.1, -0.05) is 13.8 Å². The standard InChI is InChI=1S/C13H20N6/c1-13(2,7-14)8-16-11-6-12(18-9-17-11)19-10-4-3-5-15-10/h3-6,9,15H,7-8,14H2,1-2H3,(H2,16,17,18,19). The molecule has 0 atom stereocenters. The topological polar surface area (TPSA) is 91.7 Å². The van der Waals surface area contributed by atoms with Crippen LogP contribution in [0.5, 0.6) is 0 Å². The third-order valence-electron chi connectivity index (χ3n) is 2.83. The van der Waals surface area contributed by atoms with Crippen molar-refractivity contribution in [2.45, 2.75) is 13.8 Å². The first-order valence-electron chi connectivity index (χ1n) is 6.25. The maximum atomic E-state index is 5.70. The number of anilines is 3. The van der Waals surface area contributed by atoms with Crippen LogP contribution in [0.25, 0.3) is 0 Å². The molecule has 0 saturated heterocycles. The van der Waals surface area contributed by atoms with E-state index in [4.69, 9.17) is 5.73 Å². The first kappa shape index (κ1) is 13.4. The van der Waals surface area contributed by atoms with Gasteiger partial charge in [-0.3, -0.25) is 0 Å². The van der Waals surface area contributed by atoms with Crippen molar-refractivity contribution >= 4 is 17.5 Å². The monoisotopic (exact) mass is 260 g/mol. The van der Waals surface area contributed by atoms with Crippen LogP contribution < -0.4 is 16.4 Å². The van der Waals surface area contributed by atoms with E-state index in [0.717, 1.165) is 24.0 Å². The summed E-state index contributed by atoms with van der Waals surface area (Å²) >= 11 is 0. The highest BCUT2D eigenvalue weighted by molar-refractivity contribution is 5.55. The maximum absolute atomic E-state index is 5.70. The molecule has 2 heterocycles. The van der Waals surface area contributed by atoms with E-state index in [-0.39, 0.29) is 5.41 Å². The minimum Gasteiger partial charge on any atom is -0.369 e. The molecule has 6 nitrogen and oxygen atoms in total. The van der Waals surface area contributed by atoms with Crippen LogP contribution in [0.1, 0.15) is 13.8 Å². The number of aromatic nitrogens is 3. The molecule has 0 saturated carbocycles. The highest BCUT2D eigenvalue weighted by Crippen LogP contribution is 2.17. The molecule has 0 amide bonds. The molecule has 6 heteroatoms. The molecule has 0 aromatic carbocycles. The summed E-state index contributed by atoms with van der Waals surface area (Å²) in [6.07, 6.45) is 3.38. The molecule has 0 bridgehead atoms. The fourth-order valence-corrected chi connectivity index (χ4v) is 1.47. The van der Waals surface area contributed by atoms with Crippen LogP contribution in [0.3, 0.4) is 0 Å². The zero-order chi connectivity index (χ0) is 13.7. The summed E-state index contributed by atoms with van der Waals surface area (Å²) in [5.74, 6) is 2.42. The van der Waals surface area contributed by atoms with Crippen molar-refractivity contribution in [2.24, 2.45) is 11.1 Å². The highest BCUT2D eigenvalue weighted by atomic mass is 15.1. The highest BCUT2D eigenvalue weighted by Gasteiger charge is 2.15. The van der Waals surface area contributed by atoms with E-state index in [0.29, 0.717) is 6.54 Å². The zero-order valence-electron chi connectivity index (χ0n) is 11.3. The molecule has 0 aliphatic heterocycles. The molecule has 2 aromatic heterocycles. The van der Waals surface area contributed by atoms with Gasteiger partial charge in [0.25, 0.3) is 0 Å². The third kappa shape index (κ3) is 3.96. The Balaban J connectivity index is 1.99. The Labute approximate surface area is 112 Å². The van der Waals surface area contributed by atoms with Gasteiger partial charge < -0.3 is 21.4 Å². The molecule has 0 aliphatic rings. The quantitative estimate of drug-likeness (QED) is 0.637. The molecule has 0 spiro atoms. The molecule has 0 aliphatic carbocycles. The Morgan fingerprint density at radius 3 is 2.79 bits per heavy atom. The van der Waals surface area contributed by atoms with Crippen LogP contribution in [0, 0.1) is 5.41 Å². The van der Waals surface area contributed by atoms with Gasteiger partial charge in [0.05, 0.1) is 0 Å². The van der Waals surface area contributed by atoms with Gasteiger partial charge in [0.1, 0.15) is 23.8 Å². The minimum atomic E-state index is 0.0397. The van der Waals surface area contributed by atoms with Crippen molar-refractivity contribution in [2.75, 3.05) is 23.7 Å². The third-order valence-corrected chi connectivity index (χ3v) is 2.83. The van der Waals surface area contributed by atoms with Gasteiger partial charge in [0.2, 0.25) is 0 Å². The van der Waals surface area contributed by atoms with Crippen LogP contribution in [0.2, 0.25) is 0 Å². The summed E-state index contributed by atoms with van der Waals surface area (Å²) in [5.41, 5.74) is 5.74. The second-order valence-corrected chi connectivity index (χ2v) is 5.22. The van der Waals surface area contributed by atoms with Crippen LogP contribution in [-0.4, -0.2) is 28.0 Å². The van der Waals surface area contributed by atoms with Crippen molar-refractivity contribution in [3.05, 3.63) is 30.7 Å². The number of H-pyrrole nitrogens is 1. The van der Waals surface area contributed by atoms with Crippen LogP contribution >= 0.6 is 0 Å². The number of nitrogens with zero attached hydrogens (tertiary/aromatic N) is 2. The van der Waals surface area contributed by atoms with E-state index in [1.54, 1.807) is 0 Å². The van der Waals surface area contributed by atoms with E-state index in [2.05, 4.69) is 39.4 Å². The molecule has 5 N–H and O–H groups in total. The summed E-state index contributed by atoms with van der Waals surface area (Å²) < 4.78 is 0. The Hall–Kier alpha value is -2.08. The average Bonchev–Trinajstić information content (AvgIpc) is 2.90.